The van der Waals surface area contributed by atoms with E-state index in [9.17, 15) is 19.5 Å². The smallest absolute Gasteiger partial charge is 0.408 e. The van der Waals surface area contributed by atoms with Crippen LogP contribution in [0.1, 0.15) is 12.0 Å². The molecule has 0 bridgehead atoms. The van der Waals surface area contributed by atoms with Crippen molar-refractivity contribution in [3.63, 3.8) is 0 Å². The lowest BCUT2D eigenvalue weighted by atomic mass is 10.2. The third kappa shape index (κ3) is 7.05. The normalized spacial score (nSPS) is 12.4. The highest BCUT2D eigenvalue weighted by atomic mass is 16.5. The minimum absolute atomic E-state index is 0.0215. The van der Waals surface area contributed by atoms with Crippen LogP contribution in [0.4, 0.5) is 4.79 Å². The first kappa shape index (κ1) is 20.2. The minimum atomic E-state index is -1.26. The topological polar surface area (TPSA) is 114 Å². The molecule has 8 nitrogen and oxygen atoms in total. The summed E-state index contributed by atoms with van der Waals surface area (Å²) >= 11 is 0. The van der Waals surface area contributed by atoms with E-state index in [1.807, 2.05) is 6.07 Å². The van der Waals surface area contributed by atoms with Gasteiger partial charge in [-0.1, -0.05) is 36.4 Å². The van der Waals surface area contributed by atoms with Crippen LogP contribution in [-0.4, -0.2) is 48.9 Å². The van der Waals surface area contributed by atoms with Gasteiger partial charge in [-0.15, -0.1) is 6.58 Å². The van der Waals surface area contributed by atoms with Crippen molar-refractivity contribution in [2.24, 2.45) is 0 Å². The lowest BCUT2D eigenvalue weighted by molar-refractivity contribution is -0.145. The maximum Gasteiger partial charge on any atom is 0.408 e. The molecular formula is C17H22N2O6. The summed E-state index contributed by atoms with van der Waals surface area (Å²) in [6, 6.07) is 6.77. The number of amides is 2. The zero-order valence-electron chi connectivity index (χ0n) is 13.9. The lowest BCUT2D eigenvalue weighted by Gasteiger charge is -2.20. The Morgan fingerprint density at radius 1 is 1.20 bits per heavy atom. The van der Waals surface area contributed by atoms with Crippen LogP contribution >= 0.6 is 0 Å². The fraction of sp³-hybridized carbons (Fsp3) is 0.353. The maximum atomic E-state index is 12.1. The van der Waals surface area contributed by atoms with E-state index in [0.717, 1.165) is 5.56 Å². The highest BCUT2D eigenvalue weighted by Crippen LogP contribution is 2.01. The number of hydrogen-bond acceptors (Lipinski definition) is 6. The van der Waals surface area contributed by atoms with Gasteiger partial charge in [0.15, 0.2) is 0 Å². The van der Waals surface area contributed by atoms with Gasteiger partial charge in [0.05, 0.1) is 13.7 Å². The van der Waals surface area contributed by atoms with Gasteiger partial charge in [-0.05, 0) is 12.0 Å². The average Bonchev–Trinajstić information content (AvgIpc) is 2.64. The largest absolute Gasteiger partial charge is 0.467 e. The van der Waals surface area contributed by atoms with E-state index in [4.69, 9.17) is 4.74 Å². The van der Waals surface area contributed by atoms with E-state index in [-0.39, 0.29) is 13.0 Å². The van der Waals surface area contributed by atoms with Crippen LogP contribution < -0.4 is 10.6 Å². The first-order chi connectivity index (χ1) is 12.0. The maximum absolute atomic E-state index is 12.1. The van der Waals surface area contributed by atoms with Gasteiger partial charge >= 0.3 is 12.1 Å². The fourth-order valence-corrected chi connectivity index (χ4v) is 1.90. The molecule has 0 aliphatic heterocycles. The number of carbonyl (C=O) groups is 3. The van der Waals surface area contributed by atoms with Crippen molar-refractivity contribution < 1.29 is 29.0 Å². The first-order valence-electron chi connectivity index (χ1n) is 7.59. The van der Waals surface area contributed by atoms with Crippen molar-refractivity contribution >= 4 is 18.0 Å². The van der Waals surface area contributed by atoms with Gasteiger partial charge in [-0.2, -0.15) is 0 Å². The van der Waals surface area contributed by atoms with Gasteiger partial charge in [0.25, 0.3) is 0 Å². The highest BCUT2D eigenvalue weighted by molar-refractivity contribution is 5.89. The Bertz CT molecular complexity index is 590. The molecule has 0 heterocycles. The molecule has 1 aromatic rings. The summed E-state index contributed by atoms with van der Waals surface area (Å²) < 4.78 is 9.55. The molecule has 0 aromatic heterocycles. The molecule has 2 atom stereocenters. The number of rotatable bonds is 9. The molecule has 0 saturated heterocycles. The highest BCUT2D eigenvalue weighted by Gasteiger charge is 2.26. The number of methoxy groups -OCH3 is 1. The minimum Gasteiger partial charge on any atom is -0.467 e. The fourth-order valence-electron chi connectivity index (χ4n) is 1.90. The second kappa shape index (κ2) is 10.8. The zero-order valence-corrected chi connectivity index (χ0v) is 13.9. The summed E-state index contributed by atoms with van der Waals surface area (Å²) in [4.78, 5) is 35.4. The number of alkyl carbamates (subject to hydrolysis) is 1. The van der Waals surface area contributed by atoms with Crippen LogP contribution in [0.2, 0.25) is 0 Å². The van der Waals surface area contributed by atoms with Crippen LogP contribution in [-0.2, 0) is 25.7 Å². The molecule has 3 N–H and O–H groups in total. The monoisotopic (exact) mass is 350 g/mol. The standard InChI is InChI=1S/C17H22N2O6/c1-3-7-13(16(22)24-2)18-15(21)14(10-20)19-17(23)25-11-12-8-5-4-6-9-12/h3-6,8-9,13-14,20H,1,7,10-11H2,2H3,(H,18,21)(H,19,23)/t13-,14+/m1/s1. The summed E-state index contributed by atoms with van der Waals surface area (Å²) in [6.45, 7) is 2.86. The van der Waals surface area contributed by atoms with Gasteiger partial charge in [-0.25, -0.2) is 9.59 Å². The van der Waals surface area contributed by atoms with Crippen molar-refractivity contribution in [1.82, 2.24) is 10.6 Å². The van der Waals surface area contributed by atoms with Crippen molar-refractivity contribution in [3.8, 4) is 0 Å². The van der Waals surface area contributed by atoms with Crippen molar-refractivity contribution in [2.45, 2.75) is 25.1 Å². The van der Waals surface area contributed by atoms with Gasteiger partial charge in [-0.3, -0.25) is 4.79 Å². The number of aliphatic hydroxyl groups is 1. The average molecular weight is 350 g/mol. The predicted octanol–water partition coefficient (Wildman–Crippen LogP) is 0.508. The first-order valence-corrected chi connectivity index (χ1v) is 7.59. The number of ether oxygens (including phenoxy) is 2. The Morgan fingerprint density at radius 2 is 1.88 bits per heavy atom. The van der Waals surface area contributed by atoms with Crippen molar-refractivity contribution in [1.29, 1.82) is 0 Å². The number of aliphatic hydroxyl groups excluding tert-OH is 1. The number of esters is 1. The molecule has 0 saturated carbocycles. The molecule has 0 unspecified atom stereocenters. The summed E-state index contributed by atoms with van der Waals surface area (Å²) in [5, 5.41) is 13.9. The van der Waals surface area contributed by atoms with E-state index in [1.165, 1.54) is 13.2 Å². The van der Waals surface area contributed by atoms with E-state index in [1.54, 1.807) is 24.3 Å². The van der Waals surface area contributed by atoms with Crippen molar-refractivity contribution in [3.05, 3.63) is 48.6 Å². The molecule has 136 valence electrons. The van der Waals surface area contributed by atoms with Gasteiger partial charge < -0.3 is 25.2 Å². The Labute approximate surface area is 145 Å². The number of nitrogens with one attached hydrogen (secondary N) is 2. The summed E-state index contributed by atoms with van der Waals surface area (Å²) in [5.74, 6) is -1.40. The molecule has 2 amide bonds. The lowest BCUT2D eigenvalue weighted by Crippen LogP contribution is -2.53. The quantitative estimate of drug-likeness (QED) is 0.442. The Kier molecular flexibility index (Phi) is 8.73. The zero-order chi connectivity index (χ0) is 18.7. The van der Waals surface area contributed by atoms with Crippen molar-refractivity contribution in [2.75, 3.05) is 13.7 Å². The Hall–Kier alpha value is -2.87. The van der Waals surface area contributed by atoms with Crippen LogP contribution in [0.25, 0.3) is 0 Å². The number of benzene rings is 1. The second-order valence-electron chi connectivity index (χ2n) is 5.05. The molecule has 0 radical (unpaired) electrons. The Balaban J connectivity index is 2.55. The predicted molar refractivity (Wildman–Crippen MR) is 89.4 cm³/mol. The molecule has 1 rings (SSSR count). The van der Waals surface area contributed by atoms with E-state index in [2.05, 4.69) is 21.9 Å². The number of carbonyl (C=O) groups excluding carboxylic acids is 3. The number of hydrogen-bond donors (Lipinski definition) is 3. The van der Waals surface area contributed by atoms with Crippen LogP contribution in [0.3, 0.4) is 0 Å². The molecule has 0 aliphatic carbocycles. The second-order valence-corrected chi connectivity index (χ2v) is 5.05. The molecule has 1 aromatic carbocycles. The summed E-state index contributed by atoms with van der Waals surface area (Å²) in [7, 11) is 1.19. The Morgan fingerprint density at radius 3 is 2.44 bits per heavy atom. The molecule has 0 fully saturated rings. The van der Waals surface area contributed by atoms with E-state index >= 15 is 0 Å². The summed E-state index contributed by atoms with van der Waals surface area (Å²) in [6.07, 6.45) is 0.725. The van der Waals surface area contributed by atoms with E-state index < -0.39 is 36.7 Å². The van der Waals surface area contributed by atoms with Crippen LogP contribution in [0, 0.1) is 0 Å². The third-order valence-electron chi connectivity index (χ3n) is 3.21. The molecule has 25 heavy (non-hydrogen) atoms. The van der Waals surface area contributed by atoms with Gasteiger partial charge in [0.2, 0.25) is 5.91 Å². The molecule has 8 heteroatoms. The van der Waals surface area contributed by atoms with E-state index in [0.29, 0.717) is 0 Å². The van der Waals surface area contributed by atoms with Crippen LogP contribution in [0.5, 0.6) is 0 Å². The van der Waals surface area contributed by atoms with Crippen LogP contribution in [0.15, 0.2) is 43.0 Å². The van der Waals surface area contributed by atoms with Gasteiger partial charge in [0.1, 0.15) is 18.7 Å². The summed E-state index contributed by atoms with van der Waals surface area (Å²) in [5.41, 5.74) is 0.777. The molecule has 0 aliphatic rings. The SMILES string of the molecule is C=CC[C@@H](NC(=O)[C@H](CO)NC(=O)OCc1ccccc1)C(=O)OC. The third-order valence-corrected chi connectivity index (χ3v) is 3.21. The van der Waals surface area contributed by atoms with Gasteiger partial charge in [0, 0.05) is 0 Å². The molecule has 0 spiro atoms. The molecular weight excluding hydrogens is 328 g/mol.